The van der Waals surface area contributed by atoms with Crippen LogP contribution in [0.1, 0.15) is 22.9 Å². The maximum absolute atomic E-state index is 11.6. The van der Waals surface area contributed by atoms with Gasteiger partial charge in [-0.2, -0.15) is 5.26 Å². The van der Waals surface area contributed by atoms with E-state index in [0.717, 1.165) is 5.56 Å². The lowest BCUT2D eigenvalue weighted by atomic mass is 10.1. The van der Waals surface area contributed by atoms with Crippen molar-refractivity contribution in [3.8, 4) is 6.07 Å². The van der Waals surface area contributed by atoms with Gasteiger partial charge in [0.2, 0.25) is 0 Å². The van der Waals surface area contributed by atoms with E-state index in [9.17, 15) is 15.0 Å². The number of nitrogens with one attached hydrogen (secondary N) is 1. The summed E-state index contributed by atoms with van der Waals surface area (Å²) in [5, 5.41) is 31.1. The van der Waals surface area contributed by atoms with Crippen LogP contribution in [0.4, 0.5) is 4.79 Å². The van der Waals surface area contributed by atoms with E-state index < -0.39 is 18.3 Å². The van der Waals surface area contributed by atoms with Crippen LogP contribution in [0.2, 0.25) is 0 Å². The van der Waals surface area contributed by atoms with E-state index in [4.69, 9.17) is 10.00 Å². The number of carbonyl (C=O) groups is 1. The van der Waals surface area contributed by atoms with E-state index >= 15 is 0 Å². The van der Waals surface area contributed by atoms with Gasteiger partial charge in [0.15, 0.2) is 0 Å². The zero-order chi connectivity index (χ0) is 17.4. The highest BCUT2D eigenvalue weighted by atomic mass is 16.5. The number of amides is 1. The number of aromatic nitrogens is 1. The molecule has 0 spiro atoms. The second-order valence-corrected chi connectivity index (χ2v) is 5.04. The molecule has 2 rings (SSSR count). The number of aliphatic hydroxyl groups is 2. The Morgan fingerprint density at radius 2 is 2.04 bits per heavy atom. The van der Waals surface area contributed by atoms with Gasteiger partial charge in [-0.1, -0.05) is 30.3 Å². The molecule has 2 unspecified atom stereocenters. The van der Waals surface area contributed by atoms with Crippen LogP contribution in [-0.4, -0.2) is 33.9 Å². The first-order valence-corrected chi connectivity index (χ1v) is 7.27. The summed E-state index contributed by atoms with van der Waals surface area (Å²) in [5.74, 6) is 0. The van der Waals surface area contributed by atoms with Gasteiger partial charge in [-0.05, 0) is 17.7 Å². The number of pyridine rings is 1. The summed E-state index contributed by atoms with van der Waals surface area (Å²) < 4.78 is 5.00. The van der Waals surface area contributed by atoms with Crippen molar-refractivity contribution in [3.05, 3.63) is 65.5 Å². The molecule has 24 heavy (non-hydrogen) atoms. The lowest BCUT2D eigenvalue weighted by molar-refractivity contribution is 0.0159. The third-order valence-electron chi connectivity index (χ3n) is 3.25. The zero-order valence-electron chi connectivity index (χ0n) is 12.8. The first-order chi connectivity index (χ1) is 11.6. The normalized spacial score (nSPS) is 12.7. The molecule has 2 atom stereocenters. The van der Waals surface area contributed by atoms with Crippen LogP contribution in [0.15, 0.2) is 48.7 Å². The molecule has 1 amide bonds. The van der Waals surface area contributed by atoms with Gasteiger partial charge in [-0.3, -0.25) is 4.98 Å². The first-order valence-electron chi connectivity index (χ1n) is 7.27. The Hall–Kier alpha value is -2.95. The maximum atomic E-state index is 11.6. The van der Waals surface area contributed by atoms with Gasteiger partial charge >= 0.3 is 6.09 Å². The van der Waals surface area contributed by atoms with E-state index in [1.807, 2.05) is 36.4 Å². The van der Waals surface area contributed by atoms with Crippen molar-refractivity contribution in [1.29, 1.82) is 5.26 Å². The summed E-state index contributed by atoms with van der Waals surface area (Å²) in [5.41, 5.74) is 1.31. The fourth-order valence-electron chi connectivity index (χ4n) is 1.95. The molecule has 1 heterocycles. The van der Waals surface area contributed by atoms with Crippen LogP contribution >= 0.6 is 0 Å². The molecule has 7 nitrogen and oxygen atoms in total. The molecule has 1 aromatic carbocycles. The van der Waals surface area contributed by atoms with E-state index in [1.54, 1.807) is 0 Å². The van der Waals surface area contributed by atoms with Crippen molar-refractivity contribution >= 4 is 6.09 Å². The topological polar surface area (TPSA) is 115 Å². The number of ether oxygens (including phenoxy) is 1. The third-order valence-corrected chi connectivity index (χ3v) is 3.25. The Labute approximate surface area is 139 Å². The van der Waals surface area contributed by atoms with Crippen molar-refractivity contribution in [2.45, 2.75) is 18.8 Å². The second kappa shape index (κ2) is 8.62. The Morgan fingerprint density at radius 3 is 2.75 bits per heavy atom. The minimum Gasteiger partial charge on any atom is -0.445 e. The van der Waals surface area contributed by atoms with Crippen molar-refractivity contribution in [2.24, 2.45) is 0 Å². The number of rotatable bonds is 6. The quantitative estimate of drug-likeness (QED) is 0.736. The van der Waals surface area contributed by atoms with Gasteiger partial charge in [-0.25, -0.2) is 4.79 Å². The number of nitrogens with zero attached hydrogens (tertiary/aromatic N) is 2. The number of carbonyl (C=O) groups excluding carboxylic acids is 1. The monoisotopic (exact) mass is 327 g/mol. The highest BCUT2D eigenvalue weighted by Crippen LogP contribution is 2.15. The lowest BCUT2D eigenvalue weighted by Crippen LogP contribution is -2.36. The molecule has 1 aromatic heterocycles. The molecule has 0 fully saturated rings. The van der Waals surface area contributed by atoms with Crippen LogP contribution in [0.5, 0.6) is 0 Å². The van der Waals surface area contributed by atoms with Crippen molar-refractivity contribution < 1.29 is 19.7 Å². The Balaban J connectivity index is 1.80. The van der Waals surface area contributed by atoms with Crippen LogP contribution in [0, 0.1) is 11.3 Å². The van der Waals surface area contributed by atoms with Gasteiger partial charge in [-0.15, -0.1) is 0 Å². The summed E-state index contributed by atoms with van der Waals surface area (Å²) in [7, 11) is 0. The minimum absolute atomic E-state index is 0.108. The fraction of sp³-hybridized carbons (Fsp3) is 0.235. The summed E-state index contributed by atoms with van der Waals surface area (Å²) >= 11 is 0. The summed E-state index contributed by atoms with van der Waals surface area (Å²) in [6, 6.07) is 13.9. The number of nitriles is 1. The minimum atomic E-state index is -1.33. The van der Waals surface area contributed by atoms with Gasteiger partial charge < -0.3 is 20.3 Å². The molecule has 0 radical (unpaired) electrons. The average molecular weight is 327 g/mol. The highest BCUT2D eigenvalue weighted by molar-refractivity contribution is 5.67. The number of benzene rings is 1. The number of aliphatic hydroxyl groups excluding tert-OH is 2. The smallest absolute Gasteiger partial charge is 0.407 e. The van der Waals surface area contributed by atoms with Gasteiger partial charge in [0.1, 0.15) is 18.8 Å². The predicted octanol–water partition coefficient (Wildman–Crippen LogP) is 1.27. The summed E-state index contributed by atoms with van der Waals surface area (Å²) in [6.45, 7) is -0.107. The fourth-order valence-corrected chi connectivity index (χ4v) is 1.95. The van der Waals surface area contributed by atoms with E-state index in [-0.39, 0.29) is 18.8 Å². The van der Waals surface area contributed by atoms with Crippen LogP contribution < -0.4 is 5.32 Å². The third kappa shape index (κ3) is 5.05. The molecular weight excluding hydrogens is 310 g/mol. The highest BCUT2D eigenvalue weighted by Gasteiger charge is 2.21. The number of hydrogen-bond donors (Lipinski definition) is 3. The number of alkyl carbamates (subject to hydrolysis) is 1. The summed E-state index contributed by atoms with van der Waals surface area (Å²) in [6.07, 6.45) is -1.95. The Bertz CT molecular complexity index is 715. The van der Waals surface area contributed by atoms with Crippen molar-refractivity contribution in [2.75, 3.05) is 6.54 Å². The van der Waals surface area contributed by atoms with E-state index in [1.165, 1.54) is 18.3 Å². The molecule has 0 aliphatic carbocycles. The van der Waals surface area contributed by atoms with E-state index in [2.05, 4.69) is 10.3 Å². The van der Waals surface area contributed by atoms with Crippen molar-refractivity contribution in [3.63, 3.8) is 0 Å². The van der Waals surface area contributed by atoms with E-state index in [0.29, 0.717) is 5.56 Å². The number of hydrogen-bond acceptors (Lipinski definition) is 6. The average Bonchev–Trinajstić information content (AvgIpc) is 2.64. The summed E-state index contributed by atoms with van der Waals surface area (Å²) in [4.78, 5) is 15.5. The molecule has 3 N–H and O–H groups in total. The SMILES string of the molecule is N#Cc1ccnc(C(O)C(O)CNC(=O)OCc2ccccc2)c1. The predicted molar refractivity (Wildman–Crippen MR) is 84.5 cm³/mol. The molecule has 0 saturated heterocycles. The molecule has 124 valence electrons. The lowest BCUT2D eigenvalue weighted by Gasteiger charge is -2.18. The van der Waals surface area contributed by atoms with Gasteiger partial charge in [0.05, 0.1) is 17.3 Å². The second-order valence-electron chi connectivity index (χ2n) is 5.04. The largest absolute Gasteiger partial charge is 0.445 e. The first kappa shape index (κ1) is 17.4. The van der Waals surface area contributed by atoms with Crippen LogP contribution in [0.3, 0.4) is 0 Å². The molecule has 0 saturated carbocycles. The molecule has 2 aromatic rings. The Morgan fingerprint density at radius 1 is 1.29 bits per heavy atom. The van der Waals surface area contributed by atoms with Crippen LogP contribution in [-0.2, 0) is 11.3 Å². The molecule has 0 aliphatic heterocycles. The Kier molecular flexibility index (Phi) is 6.25. The zero-order valence-corrected chi connectivity index (χ0v) is 12.8. The maximum Gasteiger partial charge on any atom is 0.407 e. The van der Waals surface area contributed by atoms with Crippen molar-refractivity contribution in [1.82, 2.24) is 10.3 Å². The van der Waals surface area contributed by atoms with Gasteiger partial charge in [0.25, 0.3) is 0 Å². The van der Waals surface area contributed by atoms with Gasteiger partial charge in [0, 0.05) is 12.7 Å². The van der Waals surface area contributed by atoms with Crippen LogP contribution in [0.25, 0.3) is 0 Å². The standard InChI is InChI=1S/C17H17N3O4/c18-9-13-6-7-19-14(8-13)16(22)15(21)10-20-17(23)24-11-12-4-2-1-3-5-12/h1-8,15-16,21-22H,10-11H2,(H,20,23). The molecule has 0 aliphatic rings. The molecular formula is C17H17N3O4. The molecule has 0 bridgehead atoms. The molecule has 7 heteroatoms.